The zero-order valence-corrected chi connectivity index (χ0v) is 9.38. The van der Waals surface area contributed by atoms with Crippen molar-refractivity contribution in [2.75, 3.05) is 0 Å². The Morgan fingerprint density at radius 1 is 1.59 bits per heavy atom. The van der Waals surface area contributed by atoms with Crippen LogP contribution in [0.15, 0.2) is 22.7 Å². The molecule has 2 rings (SSSR count). The maximum atomic E-state index is 10.9. The lowest BCUT2D eigenvalue weighted by atomic mass is 10.2. The molecule has 17 heavy (non-hydrogen) atoms. The first-order valence-electron chi connectivity index (χ1n) is 5.21. The third-order valence-electron chi connectivity index (χ3n) is 2.34. The Labute approximate surface area is 98.3 Å². The van der Waals surface area contributed by atoms with Gasteiger partial charge >= 0.3 is 0 Å². The highest BCUT2D eigenvalue weighted by atomic mass is 16.3. The topological polar surface area (TPSA) is 71.8 Å². The number of nitrogens with zero attached hydrogens (tertiary/aromatic N) is 3. The Morgan fingerprint density at radius 2 is 2.41 bits per heavy atom. The Kier molecular flexibility index (Phi) is 3.06. The van der Waals surface area contributed by atoms with E-state index in [0.29, 0.717) is 30.0 Å². The molecule has 2 heterocycles. The van der Waals surface area contributed by atoms with Crippen LogP contribution in [0.4, 0.5) is 0 Å². The number of rotatable bonds is 4. The highest BCUT2D eigenvalue weighted by Crippen LogP contribution is 2.23. The lowest BCUT2D eigenvalue weighted by Crippen LogP contribution is -1.97. The average Bonchev–Trinajstić information content (AvgIpc) is 2.92. The molecule has 0 bridgehead atoms. The molecular formula is C12H11N3O2. The van der Waals surface area contributed by atoms with Crippen LogP contribution in [0.3, 0.4) is 0 Å². The largest absolute Gasteiger partial charge is 0.460 e. The smallest absolute Gasteiger partial charge is 0.155 e. The van der Waals surface area contributed by atoms with Gasteiger partial charge in [0.15, 0.2) is 12.0 Å². The molecule has 0 unspecified atom stereocenters. The summed E-state index contributed by atoms with van der Waals surface area (Å²) in [6.45, 7) is 2.30. The van der Waals surface area contributed by atoms with Gasteiger partial charge in [0.2, 0.25) is 0 Å². The first-order valence-corrected chi connectivity index (χ1v) is 5.21. The summed E-state index contributed by atoms with van der Waals surface area (Å²) in [6.07, 6.45) is 2.72. The van der Waals surface area contributed by atoms with E-state index < -0.39 is 0 Å². The van der Waals surface area contributed by atoms with E-state index in [0.717, 1.165) is 12.0 Å². The molecule has 2 aromatic heterocycles. The summed E-state index contributed by atoms with van der Waals surface area (Å²) in [5.41, 5.74) is 0.989. The predicted molar refractivity (Wildman–Crippen MR) is 60.3 cm³/mol. The number of hydrogen-bond donors (Lipinski definition) is 0. The van der Waals surface area contributed by atoms with E-state index in [9.17, 15) is 4.79 Å². The molecular weight excluding hydrogens is 218 g/mol. The Hall–Kier alpha value is -2.35. The van der Waals surface area contributed by atoms with Crippen LogP contribution in [0.2, 0.25) is 0 Å². The molecule has 0 saturated heterocycles. The normalized spacial score (nSPS) is 10.1. The molecule has 2 aromatic rings. The lowest BCUT2D eigenvalue weighted by Gasteiger charge is -1.94. The van der Waals surface area contributed by atoms with Crippen LogP contribution in [0.5, 0.6) is 0 Å². The molecule has 86 valence electrons. The molecule has 5 nitrogen and oxygen atoms in total. The fourth-order valence-corrected chi connectivity index (χ4v) is 1.56. The summed E-state index contributed by atoms with van der Waals surface area (Å²) in [4.78, 5) is 10.9. The number of aromatic nitrogens is 2. The van der Waals surface area contributed by atoms with Gasteiger partial charge in [-0.25, -0.2) is 0 Å². The van der Waals surface area contributed by atoms with Gasteiger partial charge in [0.1, 0.15) is 11.5 Å². The van der Waals surface area contributed by atoms with Gasteiger partial charge < -0.3 is 4.42 Å². The highest BCUT2D eigenvalue weighted by molar-refractivity contribution is 5.84. The maximum Gasteiger partial charge on any atom is 0.155 e. The second-order valence-corrected chi connectivity index (χ2v) is 3.63. The number of aldehydes is 1. The predicted octanol–water partition coefficient (Wildman–Crippen LogP) is 2.18. The van der Waals surface area contributed by atoms with Crippen molar-refractivity contribution in [3.05, 3.63) is 29.7 Å². The number of hydrogen-bond acceptors (Lipinski definition) is 4. The minimum Gasteiger partial charge on any atom is -0.460 e. The third-order valence-corrected chi connectivity index (χ3v) is 2.34. The molecule has 0 radical (unpaired) electrons. The Bertz CT molecular complexity index is 575. The maximum absolute atomic E-state index is 10.9. The SMILES string of the molecule is Cc1ccc(-c2nn(CCC#N)cc2C=O)o1. The molecule has 0 N–H and O–H groups in total. The van der Waals surface area contributed by atoms with Gasteiger partial charge in [-0.05, 0) is 19.1 Å². The number of carbonyl (C=O) groups is 1. The highest BCUT2D eigenvalue weighted by Gasteiger charge is 2.13. The minimum atomic E-state index is 0.358. The fourth-order valence-electron chi connectivity index (χ4n) is 1.56. The van der Waals surface area contributed by atoms with Crippen LogP contribution in [0.1, 0.15) is 22.5 Å². The van der Waals surface area contributed by atoms with Crippen molar-refractivity contribution in [1.82, 2.24) is 9.78 Å². The first kappa shape index (κ1) is 11.1. The summed E-state index contributed by atoms with van der Waals surface area (Å²) in [7, 11) is 0. The van der Waals surface area contributed by atoms with Crippen molar-refractivity contribution in [1.29, 1.82) is 5.26 Å². The molecule has 0 atom stereocenters. The van der Waals surface area contributed by atoms with Crippen molar-refractivity contribution in [3.8, 4) is 17.5 Å². The summed E-state index contributed by atoms with van der Waals surface area (Å²) in [5.74, 6) is 1.34. The van der Waals surface area contributed by atoms with Gasteiger partial charge in [0.25, 0.3) is 0 Å². The monoisotopic (exact) mass is 229 g/mol. The minimum absolute atomic E-state index is 0.358. The van der Waals surface area contributed by atoms with E-state index in [1.807, 2.05) is 19.1 Å². The molecule has 0 aromatic carbocycles. The second-order valence-electron chi connectivity index (χ2n) is 3.63. The summed E-state index contributed by atoms with van der Waals surface area (Å²) < 4.78 is 7.01. The Balaban J connectivity index is 2.36. The van der Waals surface area contributed by atoms with E-state index in [-0.39, 0.29) is 0 Å². The molecule has 0 aliphatic carbocycles. The zero-order chi connectivity index (χ0) is 12.3. The average molecular weight is 229 g/mol. The van der Waals surface area contributed by atoms with Crippen molar-refractivity contribution in [2.24, 2.45) is 0 Å². The summed E-state index contributed by atoms with van der Waals surface area (Å²) in [6, 6.07) is 5.63. The van der Waals surface area contributed by atoms with Gasteiger partial charge in [0.05, 0.1) is 24.6 Å². The molecule has 0 fully saturated rings. The first-order chi connectivity index (χ1) is 8.24. The van der Waals surface area contributed by atoms with Crippen LogP contribution in [-0.4, -0.2) is 16.1 Å². The third kappa shape index (κ3) is 2.26. The number of aryl methyl sites for hydroxylation is 2. The standard InChI is InChI=1S/C12H11N3O2/c1-9-3-4-11(17-9)12-10(8-16)7-15(14-12)6-2-5-13/h3-4,7-8H,2,6H2,1H3. The van der Waals surface area contributed by atoms with E-state index in [4.69, 9.17) is 9.68 Å². The summed E-state index contributed by atoms with van der Waals surface area (Å²) in [5, 5.41) is 12.7. The number of carbonyl (C=O) groups excluding carboxylic acids is 1. The number of furan rings is 1. The van der Waals surface area contributed by atoms with Crippen LogP contribution in [0.25, 0.3) is 11.5 Å². The van der Waals surface area contributed by atoms with Gasteiger partial charge in [0, 0.05) is 6.20 Å². The molecule has 0 aliphatic heterocycles. The summed E-state index contributed by atoms with van der Waals surface area (Å²) >= 11 is 0. The molecule has 0 spiro atoms. The van der Waals surface area contributed by atoms with Crippen molar-refractivity contribution in [2.45, 2.75) is 19.9 Å². The Morgan fingerprint density at radius 3 is 3.00 bits per heavy atom. The quantitative estimate of drug-likeness (QED) is 0.753. The van der Waals surface area contributed by atoms with Crippen LogP contribution in [0, 0.1) is 18.3 Å². The van der Waals surface area contributed by atoms with Crippen molar-refractivity contribution < 1.29 is 9.21 Å². The molecule has 0 saturated carbocycles. The van der Waals surface area contributed by atoms with Gasteiger partial charge in [-0.15, -0.1) is 0 Å². The van der Waals surface area contributed by atoms with Gasteiger partial charge in [-0.2, -0.15) is 10.4 Å². The fraction of sp³-hybridized carbons (Fsp3) is 0.250. The molecule has 0 amide bonds. The second kappa shape index (κ2) is 4.66. The van der Waals surface area contributed by atoms with E-state index in [1.165, 1.54) is 0 Å². The van der Waals surface area contributed by atoms with Crippen LogP contribution >= 0.6 is 0 Å². The van der Waals surface area contributed by atoms with E-state index >= 15 is 0 Å². The van der Waals surface area contributed by atoms with Crippen LogP contribution < -0.4 is 0 Å². The lowest BCUT2D eigenvalue weighted by molar-refractivity contribution is 0.112. The zero-order valence-electron chi connectivity index (χ0n) is 9.38. The van der Waals surface area contributed by atoms with Gasteiger partial charge in [-0.1, -0.05) is 0 Å². The van der Waals surface area contributed by atoms with Crippen molar-refractivity contribution in [3.63, 3.8) is 0 Å². The van der Waals surface area contributed by atoms with Crippen LogP contribution in [-0.2, 0) is 6.54 Å². The molecule has 0 aliphatic rings. The molecule has 5 heteroatoms. The van der Waals surface area contributed by atoms with Gasteiger partial charge in [-0.3, -0.25) is 9.48 Å². The van der Waals surface area contributed by atoms with E-state index in [2.05, 4.69) is 5.10 Å². The van der Waals surface area contributed by atoms with E-state index in [1.54, 1.807) is 16.9 Å². The van der Waals surface area contributed by atoms with Crippen molar-refractivity contribution >= 4 is 6.29 Å². The number of nitriles is 1.